The minimum atomic E-state index is 0.289. The number of hydrogen-bond acceptors (Lipinski definition) is 2. The summed E-state index contributed by atoms with van der Waals surface area (Å²) in [6.07, 6.45) is 2.77. The first kappa shape index (κ1) is 14.4. The molecular formula is C17H27NO. The third-order valence-corrected chi connectivity index (χ3v) is 4.21. The van der Waals surface area contributed by atoms with Crippen LogP contribution in [0, 0.1) is 18.8 Å². The summed E-state index contributed by atoms with van der Waals surface area (Å²) < 4.78 is 6.35. The van der Waals surface area contributed by atoms with Crippen molar-refractivity contribution in [2.75, 3.05) is 6.54 Å². The van der Waals surface area contributed by atoms with Crippen molar-refractivity contribution in [1.82, 2.24) is 5.32 Å². The molecule has 106 valence electrons. The molecule has 2 rings (SSSR count). The van der Waals surface area contributed by atoms with E-state index in [-0.39, 0.29) is 6.10 Å². The maximum atomic E-state index is 6.35. The number of hydrogen-bond donors (Lipinski definition) is 1. The molecule has 4 unspecified atom stereocenters. The minimum absolute atomic E-state index is 0.289. The number of para-hydroxylation sites is 1. The normalized spacial score (nSPS) is 31.2. The zero-order valence-electron chi connectivity index (χ0n) is 12.6. The second-order valence-electron chi connectivity index (χ2n) is 6.07. The van der Waals surface area contributed by atoms with Crippen LogP contribution in [-0.4, -0.2) is 18.7 Å². The summed E-state index contributed by atoms with van der Waals surface area (Å²) in [7, 11) is 0. The zero-order chi connectivity index (χ0) is 13.8. The lowest BCUT2D eigenvalue weighted by Gasteiger charge is -2.40. The first-order chi connectivity index (χ1) is 9.11. The van der Waals surface area contributed by atoms with Crippen molar-refractivity contribution in [2.24, 2.45) is 11.8 Å². The van der Waals surface area contributed by atoms with Crippen molar-refractivity contribution >= 4 is 0 Å². The van der Waals surface area contributed by atoms with Crippen LogP contribution in [0.4, 0.5) is 0 Å². The van der Waals surface area contributed by atoms with Crippen molar-refractivity contribution in [3.63, 3.8) is 0 Å². The van der Waals surface area contributed by atoms with Crippen LogP contribution in [0.3, 0.4) is 0 Å². The molecule has 2 heteroatoms. The van der Waals surface area contributed by atoms with Crippen molar-refractivity contribution in [2.45, 2.75) is 52.7 Å². The summed E-state index contributed by atoms with van der Waals surface area (Å²) in [4.78, 5) is 0. The Bertz CT molecular complexity index is 404. The molecule has 0 amide bonds. The smallest absolute Gasteiger partial charge is 0.122 e. The monoisotopic (exact) mass is 261 g/mol. The van der Waals surface area contributed by atoms with E-state index < -0.39 is 0 Å². The van der Waals surface area contributed by atoms with Gasteiger partial charge in [-0.1, -0.05) is 39.0 Å². The van der Waals surface area contributed by atoms with E-state index >= 15 is 0 Å². The van der Waals surface area contributed by atoms with Crippen LogP contribution >= 0.6 is 0 Å². The molecule has 2 nitrogen and oxygen atoms in total. The van der Waals surface area contributed by atoms with Crippen molar-refractivity contribution in [3.8, 4) is 5.75 Å². The average molecular weight is 261 g/mol. The molecule has 0 spiro atoms. The number of rotatable bonds is 4. The average Bonchev–Trinajstić information content (AvgIpc) is 2.36. The molecule has 19 heavy (non-hydrogen) atoms. The zero-order valence-corrected chi connectivity index (χ0v) is 12.6. The Hall–Kier alpha value is -1.02. The van der Waals surface area contributed by atoms with E-state index in [0.717, 1.165) is 18.2 Å². The summed E-state index contributed by atoms with van der Waals surface area (Å²) >= 11 is 0. The number of likely N-dealkylation sites (N-methyl/N-ethyl adjacent to an activating group) is 1. The van der Waals surface area contributed by atoms with Gasteiger partial charge in [0.2, 0.25) is 0 Å². The maximum absolute atomic E-state index is 6.35. The van der Waals surface area contributed by atoms with Gasteiger partial charge in [-0.2, -0.15) is 0 Å². The molecule has 1 aliphatic rings. The molecule has 0 aliphatic heterocycles. The molecule has 0 aromatic heterocycles. The second kappa shape index (κ2) is 6.42. The molecule has 4 atom stereocenters. The summed E-state index contributed by atoms with van der Waals surface area (Å²) in [6.45, 7) is 9.98. The molecule has 0 heterocycles. The Morgan fingerprint density at radius 2 is 1.95 bits per heavy atom. The van der Waals surface area contributed by atoms with Gasteiger partial charge in [0.15, 0.2) is 0 Å². The SMILES string of the molecule is CCNC1CC(C)CC(C)C1Oc1ccccc1C. The highest BCUT2D eigenvalue weighted by atomic mass is 16.5. The predicted molar refractivity (Wildman–Crippen MR) is 80.6 cm³/mol. The van der Waals surface area contributed by atoms with Gasteiger partial charge in [0.25, 0.3) is 0 Å². The maximum Gasteiger partial charge on any atom is 0.122 e. The van der Waals surface area contributed by atoms with Crippen LogP contribution in [-0.2, 0) is 0 Å². The van der Waals surface area contributed by atoms with Crippen LogP contribution in [0.1, 0.15) is 39.2 Å². The van der Waals surface area contributed by atoms with Crippen LogP contribution < -0.4 is 10.1 Å². The fourth-order valence-electron chi connectivity index (χ4n) is 3.32. The predicted octanol–water partition coefficient (Wildman–Crippen LogP) is 3.79. The van der Waals surface area contributed by atoms with Crippen LogP contribution in [0.2, 0.25) is 0 Å². The van der Waals surface area contributed by atoms with Crippen molar-refractivity contribution in [3.05, 3.63) is 29.8 Å². The quantitative estimate of drug-likeness (QED) is 0.890. The van der Waals surface area contributed by atoms with Crippen LogP contribution in [0.5, 0.6) is 5.75 Å². The van der Waals surface area contributed by atoms with Gasteiger partial charge in [-0.15, -0.1) is 0 Å². The summed E-state index contributed by atoms with van der Waals surface area (Å²) in [6, 6.07) is 8.80. The Morgan fingerprint density at radius 1 is 1.21 bits per heavy atom. The molecule has 1 fully saturated rings. The summed E-state index contributed by atoms with van der Waals surface area (Å²) in [5.41, 5.74) is 1.23. The highest BCUT2D eigenvalue weighted by molar-refractivity contribution is 5.32. The Morgan fingerprint density at radius 3 is 2.63 bits per heavy atom. The second-order valence-corrected chi connectivity index (χ2v) is 6.07. The Kier molecular flexibility index (Phi) is 4.87. The fraction of sp³-hybridized carbons (Fsp3) is 0.647. The van der Waals surface area contributed by atoms with E-state index in [0.29, 0.717) is 12.0 Å². The van der Waals surface area contributed by atoms with Crippen molar-refractivity contribution < 1.29 is 4.74 Å². The van der Waals surface area contributed by atoms with E-state index in [2.05, 4.69) is 57.3 Å². The van der Waals surface area contributed by atoms with Gasteiger partial charge in [-0.05, 0) is 49.8 Å². The lowest BCUT2D eigenvalue weighted by atomic mass is 9.78. The van der Waals surface area contributed by atoms with E-state index in [1.54, 1.807) is 0 Å². The third kappa shape index (κ3) is 3.50. The largest absolute Gasteiger partial charge is 0.488 e. The first-order valence-corrected chi connectivity index (χ1v) is 7.57. The molecule has 0 saturated heterocycles. The van der Waals surface area contributed by atoms with E-state index in [1.165, 1.54) is 18.4 Å². The molecule has 1 aromatic carbocycles. The van der Waals surface area contributed by atoms with E-state index in [9.17, 15) is 0 Å². The van der Waals surface area contributed by atoms with E-state index in [1.807, 2.05) is 0 Å². The lowest BCUT2D eigenvalue weighted by molar-refractivity contribution is 0.0478. The number of nitrogens with one attached hydrogen (secondary N) is 1. The minimum Gasteiger partial charge on any atom is -0.488 e. The summed E-state index contributed by atoms with van der Waals surface area (Å²) in [5.74, 6) is 2.43. The van der Waals surface area contributed by atoms with E-state index in [4.69, 9.17) is 4.74 Å². The van der Waals surface area contributed by atoms with Gasteiger partial charge in [0, 0.05) is 6.04 Å². The fourth-order valence-corrected chi connectivity index (χ4v) is 3.32. The highest BCUT2D eigenvalue weighted by Gasteiger charge is 2.35. The molecule has 1 aliphatic carbocycles. The van der Waals surface area contributed by atoms with Crippen LogP contribution in [0.25, 0.3) is 0 Å². The molecule has 0 radical (unpaired) electrons. The molecule has 1 saturated carbocycles. The third-order valence-electron chi connectivity index (χ3n) is 4.21. The topological polar surface area (TPSA) is 21.3 Å². The molecular weight excluding hydrogens is 234 g/mol. The highest BCUT2D eigenvalue weighted by Crippen LogP contribution is 2.32. The number of aryl methyl sites for hydroxylation is 1. The number of ether oxygens (including phenoxy) is 1. The van der Waals surface area contributed by atoms with Gasteiger partial charge >= 0.3 is 0 Å². The molecule has 1 aromatic rings. The first-order valence-electron chi connectivity index (χ1n) is 7.57. The van der Waals surface area contributed by atoms with Crippen molar-refractivity contribution in [1.29, 1.82) is 0 Å². The van der Waals surface area contributed by atoms with Gasteiger partial charge in [0.05, 0.1) is 0 Å². The number of benzene rings is 1. The summed E-state index contributed by atoms with van der Waals surface area (Å²) in [5, 5.41) is 3.61. The Labute approximate surface area is 117 Å². The standard InChI is InChI=1S/C17H27NO/c1-5-18-15-11-12(2)10-14(4)17(15)19-16-9-7-6-8-13(16)3/h6-9,12,14-15,17-18H,5,10-11H2,1-4H3. The van der Waals surface area contributed by atoms with Gasteiger partial charge < -0.3 is 10.1 Å². The lowest BCUT2D eigenvalue weighted by Crippen LogP contribution is -2.50. The molecule has 0 bridgehead atoms. The Balaban J connectivity index is 2.13. The van der Waals surface area contributed by atoms with Gasteiger partial charge in [-0.3, -0.25) is 0 Å². The van der Waals surface area contributed by atoms with Gasteiger partial charge in [0.1, 0.15) is 11.9 Å². The van der Waals surface area contributed by atoms with Crippen LogP contribution in [0.15, 0.2) is 24.3 Å². The molecule has 1 N–H and O–H groups in total. The van der Waals surface area contributed by atoms with Gasteiger partial charge in [-0.25, -0.2) is 0 Å².